The molecule has 18 heavy (non-hydrogen) atoms. The van der Waals surface area contributed by atoms with Crippen molar-refractivity contribution in [3.8, 4) is 0 Å². The molecule has 0 fully saturated rings. The summed E-state index contributed by atoms with van der Waals surface area (Å²) in [5.41, 5.74) is 0.0598. The second-order valence-electron chi connectivity index (χ2n) is 3.99. The van der Waals surface area contributed by atoms with Gasteiger partial charge < -0.3 is 4.90 Å². The van der Waals surface area contributed by atoms with Gasteiger partial charge in [-0.15, -0.1) is 0 Å². The van der Waals surface area contributed by atoms with E-state index in [1.165, 1.54) is 0 Å². The molecule has 5 heteroatoms. The smallest absolute Gasteiger partial charge is 0.254 e. The first-order valence-electron chi connectivity index (χ1n) is 5.89. The van der Waals surface area contributed by atoms with E-state index in [1.54, 1.807) is 4.90 Å². The molecule has 1 rings (SSSR count). The first-order chi connectivity index (χ1) is 8.58. The maximum absolute atomic E-state index is 13.1. The van der Waals surface area contributed by atoms with E-state index in [-0.39, 0.29) is 11.5 Å². The van der Waals surface area contributed by atoms with Gasteiger partial charge in [-0.2, -0.15) is 0 Å². The van der Waals surface area contributed by atoms with Crippen LogP contribution >= 0.6 is 15.9 Å². The molecule has 0 saturated heterocycles. The maximum Gasteiger partial charge on any atom is 0.254 e. The van der Waals surface area contributed by atoms with Crippen molar-refractivity contribution in [3.05, 3.63) is 35.4 Å². The van der Waals surface area contributed by atoms with Crippen LogP contribution in [0.2, 0.25) is 0 Å². The van der Waals surface area contributed by atoms with Gasteiger partial charge in [-0.25, -0.2) is 8.78 Å². The van der Waals surface area contributed by atoms with Crippen LogP contribution in [0, 0.1) is 11.6 Å². The van der Waals surface area contributed by atoms with Crippen LogP contribution in [0.5, 0.6) is 0 Å². The predicted octanol–water partition coefficient (Wildman–Crippen LogP) is 3.60. The molecule has 100 valence electrons. The van der Waals surface area contributed by atoms with Crippen LogP contribution in [0.4, 0.5) is 8.78 Å². The summed E-state index contributed by atoms with van der Waals surface area (Å²) >= 11 is 3.27. The molecule has 0 spiro atoms. The van der Waals surface area contributed by atoms with Crippen LogP contribution in [-0.4, -0.2) is 29.2 Å². The lowest BCUT2D eigenvalue weighted by Gasteiger charge is -2.21. The second-order valence-corrected chi connectivity index (χ2v) is 4.79. The molecular formula is C13H16BrF2NO. The highest BCUT2D eigenvalue weighted by Crippen LogP contribution is 2.11. The van der Waals surface area contributed by atoms with E-state index in [2.05, 4.69) is 15.9 Å². The number of rotatable bonds is 6. The fourth-order valence-corrected chi connectivity index (χ4v) is 2.05. The number of carbonyl (C=O) groups is 1. The number of benzene rings is 1. The van der Waals surface area contributed by atoms with Crippen molar-refractivity contribution in [2.45, 2.75) is 19.8 Å². The minimum Gasteiger partial charge on any atom is -0.338 e. The van der Waals surface area contributed by atoms with Gasteiger partial charge in [0.25, 0.3) is 5.91 Å². The Labute approximate surface area is 114 Å². The predicted molar refractivity (Wildman–Crippen MR) is 71.0 cm³/mol. The maximum atomic E-state index is 13.1. The summed E-state index contributed by atoms with van der Waals surface area (Å²) in [7, 11) is 0. The Hall–Kier alpha value is -0.970. The summed E-state index contributed by atoms with van der Waals surface area (Å²) in [6.45, 7) is 3.15. The molecule has 1 aromatic carbocycles. The van der Waals surface area contributed by atoms with E-state index in [9.17, 15) is 13.6 Å². The number of hydrogen-bond acceptors (Lipinski definition) is 1. The number of halogens is 3. The monoisotopic (exact) mass is 319 g/mol. The Kier molecular flexibility index (Phi) is 6.25. The van der Waals surface area contributed by atoms with E-state index in [4.69, 9.17) is 0 Å². The summed E-state index contributed by atoms with van der Waals surface area (Å²) < 4.78 is 26.1. The van der Waals surface area contributed by atoms with Crippen molar-refractivity contribution in [2.75, 3.05) is 18.4 Å². The standard InChI is InChI=1S/C13H16BrF2NO/c1-2-3-5-17(6-4-14)13(18)10-7-11(15)9-12(16)8-10/h7-9H,2-6H2,1H3. The fourth-order valence-electron chi connectivity index (χ4n) is 1.63. The normalized spacial score (nSPS) is 10.4. The van der Waals surface area contributed by atoms with Gasteiger partial charge in [0.15, 0.2) is 0 Å². The van der Waals surface area contributed by atoms with Gasteiger partial charge >= 0.3 is 0 Å². The third-order valence-corrected chi connectivity index (χ3v) is 2.89. The van der Waals surface area contributed by atoms with Crippen molar-refractivity contribution in [3.63, 3.8) is 0 Å². The Morgan fingerprint density at radius 1 is 1.22 bits per heavy atom. The number of amides is 1. The molecule has 0 saturated carbocycles. The van der Waals surface area contributed by atoms with Gasteiger partial charge in [-0.05, 0) is 18.6 Å². The molecule has 0 aromatic heterocycles. The summed E-state index contributed by atoms with van der Waals surface area (Å²) in [6, 6.07) is 2.90. The van der Waals surface area contributed by atoms with Gasteiger partial charge in [0.2, 0.25) is 0 Å². The van der Waals surface area contributed by atoms with E-state index < -0.39 is 11.6 Å². The average molecular weight is 320 g/mol. The van der Waals surface area contributed by atoms with Crippen molar-refractivity contribution in [1.82, 2.24) is 4.90 Å². The number of carbonyl (C=O) groups excluding carboxylic acids is 1. The molecule has 0 atom stereocenters. The zero-order valence-electron chi connectivity index (χ0n) is 10.3. The molecule has 1 amide bonds. The van der Waals surface area contributed by atoms with E-state index in [1.807, 2.05) is 6.92 Å². The third kappa shape index (κ3) is 4.37. The Bertz CT molecular complexity index is 392. The van der Waals surface area contributed by atoms with Crippen molar-refractivity contribution >= 4 is 21.8 Å². The highest BCUT2D eigenvalue weighted by molar-refractivity contribution is 9.09. The van der Waals surface area contributed by atoms with Crippen LogP contribution in [0.3, 0.4) is 0 Å². The quantitative estimate of drug-likeness (QED) is 0.734. The van der Waals surface area contributed by atoms with Crippen LogP contribution in [-0.2, 0) is 0 Å². The molecule has 0 unspecified atom stereocenters. The second kappa shape index (κ2) is 7.46. The molecule has 0 bridgehead atoms. The molecule has 1 aromatic rings. The van der Waals surface area contributed by atoms with E-state index in [0.29, 0.717) is 18.4 Å². The van der Waals surface area contributed by atoms with Gasteiger partial charge in [-0.3, -0.25) is 4.79 Å². The molecule has 0 aliphatic heterocycles. The highest BCUT2D eigenvalue weighted by atomic mass is 79.9. The highest BCUT2D eigenvalue weighted by Gasteiger charge is 2.16. The van der Waals surface area contributed by atoms with Crippen molar-refractivity contribution < 1.29 is 13.6 Å². The third-order valence-electron chi connectivity index (χ3n) is 2.53. The van der Waals surface area contributed by atoms with Crippen molar-refractivity contribution in [2.24, 2.45) is 0 Å². The van der Waals surface area contributed by atoms with Crippen LogP contribution < -0.4 is 0 Å². The fraction of sp³-hybridized carbons (Fsp3) is 0.462. The summed E-state index contributed by atoms with van der Waals surface area (Å²) in [5.74, 6) is -1.79. The van der Waals surface area contributed by atoms with Gasteiger partial charge in [0.1, 0.15) is 11.6 Å². The van der Waals surface area contributed by atoms with Gasteiger partial charge in [0.05, 0.1) is 0 Å². The first-order valence-corrected chi connectivity index (χ1v) is 7.02. The van der Waals surface area contributed by atoms with Crippen LogP contribution in [0.15, 0.2) is 18.2 Å². The molecular weight excluding hydrogens is 304 g/mol. The number of nitrogens with zero attached hydrogens (tertiary/aromatic N) is 1. The first kappa shape index (κ1) is 15.1. The Morgan fingerprint density at radius 2 is 1.83 bits per heavy atom. The Morgan fingerprint density at radius 3 is 2.33 bits per heavy atom. The molecule has 0 radical (unpaired) electrons. The largest absolute Gasteiger partial charge is 0.338 e. The minimum atomic E-state index is -0.729. The zero-order chi connectivity index (χ0) is 13.5. The Balaban J connectivity index is 2.86. The molecule has 0 aliphatic rings. The minimum absolute atomic E-state index is 0.0598. The number of hydrogen-bond donors (Lipinski definition) is 0. The average Bonchev–Trinajstić information content (AvgIpc) is 2.32. The van der Waals surface area contributed by atoms with E-state index >= 15 is 0 Å². The number of alkyl halides is 1. The van der Waals surface area contributed by atoms with E-state index in [0.717, 1.165) is 31.0 Å². The summed E-state index contributed by atoms with van der Waals surface area (Å²) in [5, 5.41) is 0.639. The molecule has 0 N–H and O–H groups in total. The zero-order valence-corrected chi connectivity index (χ0v) is 11.8. The lowest BCUT2D eigenvalue weighted by atomic mass is 10.1. The topological polar surface area (TPSA) is 20.3 Å². The summed E-state index contributed by atoms with van der Waals surface area (Å²) in [4.78, 5) is 13.7. The van der Waals surface area contributed by atoms with Crippen molar-refractivity contribution in [1.29, 1.82) is 0 Å². The molecule has 0 aliphatic carbocycles. The lowest BCUT2D eigenvalue weighted by molar-refractivity contribution is 0.0763. The number of unbranched alkanes of at least 4 members (excludes halogenated alkanes) is 1. The van der Waals surface area contributed by atoms with Gasteiger partial charge in [0, 0.05) is 30.0 Å². The lowest BCUT2D eigenvalue weighted by Crippen LogP contribution is -2.33. The van der Waals surface area contributed by atoms with Gasteiger partial charge in [-0.1, -0.05) is 29.3 Å². The molecule has 2 nitrogen and oxygen atoms in total. The SMILES string of the molecule is CCCCN(CCBr)C(=O)c1cc(F)cc(F)c1. The van der Waals surface area contributed by atoms with Crippen LogP contribution in [0.1, 0.15) is 30.1 Å². The molecule has 0 heterocycles. The van der Waals surface area contributed by atoms with Crippen LogP contribution in [0.25, 0.3) is 0 Å². The summed E-state index contributed by atoms with van der Waals surface area (Å²) in [6.07, 6.45) is 1.83.